The quantitative estimate of drug-likeness (QED) is 0.587. The molecule has 3 rings (SSSR count). The van der Waals surface area contributed by atoms with Crippen LogP contribution < -0.4 is 10.1 Å². The molecule has 2 N–H and O–H groups in total. The fourth-order valence-corrected chi connectivity index (χ4v) is 3.24. The number of thiazole rings is 1. The number of nitrogens with one attached hydrogen (secondary N) is 1. The van der Waals surface area contributed by atoms with Crippen LogP contribution in [0.1, 0.15) is 27.2 Å². The molecular weight excluding hydrogens is 405 g/mol. The van der Waals surface area contributed by atoms with Crippen LogP contribution in [0, 0.1) is 0 Å². The Morgan fingerprint density at radius 3 is 2.55 bits per heavy atom. The molecular formula is C20H17F3N2O3S. The third kappa shape index (κ3) is 5.55. The molecule has 0 aliphatic carbocycles. The highest BCUT2D eigenvalue weighted by Crippen LogP contribution is 2.36. The van der Waals surface area contributed by atoms with Crippen LogP contribution in [0.2, 0.25) is 0 Å². The van der Waals surface area contributed by atoms with Gasteiger partial charge in [0.05, 0.1) is 11.3 Å². The van der Waals surface area contributed by atoms with E-state index in [1.165, 1.54) is 29.5 Å². The lowest BCUT2D eigenvalue weighted by atomic mass is 10.1. The van der Waals surface area contributed by atoms with E-state index in [9.17, 15) is 18.0 Å². The Balaban J connectivity index is 1.61. The Morgan fingerprint density at radius 2 is 1.86 bits per heavy atom. The van der Waals surface area contributed by atoms with E-state index in [0.29, 0.717) is 28.4 Å². The summed E-state index contributed by atoms with van der Waals surface area (Å²) in [5.74, 6) is -0.603. The number of aromatic nitrogens is 1. The van der Waals surface area contributed by atoms with Crippen molar-refractivity contribution in [3.05, 3.63) is 76.3 Å². The molecule has 1 amide bonds. The molecule has 0 radical (unpaired) electrons. The zero-order chi connectivity index (χ0) is 20.9. The number of aliphatic hydroxyl groups is 1. The van der Waals surface area contributed by atoms with Crippen LogP contribution >= 0.6 is 11.3 Å². The number of rotatable bonds is 7. The number of carbonyl (C=O) groups excluding carboxylic acids is 1. The van der Waals surface area contributed by atoms with Crippen LogP contribution in [-0.4, -0.2) is 22.6 Å². The summed E-state index contributed by atoms with van der Waals surface area (Å²) < 4.78 is 44.3. The molecule has 0 spiro atoms. The van der Waals surface area contributed by atoms with Gasteiger partial charge in [0.1, 0.15) is 12.4 Å². The first kappa shape index (κ1) is 20.8. The number of halogens is 3. The number of para-hydroxylation sites is 1. The third-order valence-corrected chi connectivity index (χ3v) is 4.75. The number of alkyl halides is 3. The fraction of sp³-hybridized carbons (Fsp3) is 0.200. The summed E-state index contributed by atoms with van der Waals surface area (Å²) in [5, 5.41) is 13.7. The molecule has 1 heterocycles. The Morgan fingerprint density at radius 1 is 1.14 bits per heavy atom. The Hall–Kier alpha value is -2.91. The molecule has 0 aliphatic rings. The lowest BCUT2D eigenvalue weighted by Gasteiger charge is -2.13. The summed E-state index contributed by atoms with van der Waals surface area (Å²) in [6, 6.07) is 11.4. The summed E-state index contributed by atoms with van der Waals surface area (Å²) in [6.07, 6.45) is -4.08. The lowest BCUT2D eigenvalue weighted by molar-refractivity contribution is -0.139. The number of anilines is 1. The topological polar surface area (TPSA) is 71.5 Å². The number of amides is 1. The Bertz CT molecular complexity index is 972. The average Bonchev–Trinajstić information content (AvgIpc) is 3.13. The molecule has 2 aromatic carbocycles. The van der Waals surface area contributed by atoms with E-state index in [0.717, 1.165) is 6.07 Å². The predicted molar refractivity (Wildman–Crippen MR) is 103 cm³/mol. The summed E-state index contributed by atoms with van der Waals surface area (Å²) in [6.45, 7) is -0.0832. The largest absolute Gasteiger partial charge is 0.488 e. The van der Waals surface area contributed by atoms with E-state index >= 15 is 0 Å². The monoisotopic (exact) mass is 422 g/mol. The van der Waals surface area contributed by atoms with Gasteiger partial charge < -0.3 is 9.84 Å². The van der Waals surface area contributed by atoms with Crippen molar-refractivity contribution in [1.82, 2.24) is 4.98 Å². The van der Waals surface area contributed by atoms with E-state index in [4.69, 9.17) is 9.84 Å². The first-order valence-corrected chi connectivity index (χ1v) is 9.49. The summed E-state index contributed by atoms with van der Waals surface area (Å²) in [5.41, 5.74) is 0.862. The molecule has 0 aliphatic heterocycles. The SMILES string of the molecule is O=C(Nc1nc(CCO)cs1)c1ccc(COc2ccccc2C(F)(F)F)cc1. The molecule has 0 unspecified atom stereocenters. The van der Waals surface area contributed by atoms with Crippen molar-refractivity contribution < 1.29 is 27.8 Å². The number of carbonyl (C=O) groups is 1. The molecule has 0 bridgehead atoms. The van der Waals surface area contributed by atoms with Gasteiger partial charge in [0.2, 0.25) is 0 Å². The number of hydrogen-bond donors (Lipinski definition) is 2. The highest BCUT2D eigenvalue weighted by atomic mass is 32.1. The normalized spacial score (nSPS) is 11.3. The van der Waals surface area contributed by atoms with Gasteiger partial charge in [-0.2, -0.15) is 13.2 Å². The van der Waals surface area contributed by atoms with Crippen molar-refractivity contribution in [3.8, 4) is 5.75 Å². The van der Waals surface area contributed by atoms with Crippen molar-refractivity contribution in [3.63, 3.8) is 0 Å². The first-order chi connectivity index (χ1) is 13.9. The van der Waals surface area contributed by atoms with Gasteiger partial charge in [0.15, 0.2) is 5.13 Å². The van der Waals surface area contributed by atoms with Gasteiger partial charge >= 0.3 is 6.18 Å². The van der Waals surface area contributed by atoms with Crippen molar-refractivity contribution >= 4 is 22.4 Å². The van der Waals surface area contributed by atoms with Gasteiger partial charge in [-0.25, -0.2) is 4.98 Å². The van der Waals surface area contributed by atoms with E-state index < -0.39 is 11.7 Å². The van der Waals surface area contributed by atoms with Gasteiger partial charge in [-0.1, -0.05) is 24.3 Å². The minimum Gasteiger partial charge on any atom is -0.488 e. The smallest absolute Gasteiger partial charge is 0.419 e. The molecule has 9 heteroatoms. The highest BCUT2D eigenvalue weighted by molar-refractivity contribution is 7.13. The van der Waals surface area contributed by atoms with E-state index in [2.05, 4.69) is 10.3 Å². The highest BCUT2D eigenvalue weighted by Gasteiger charge is 2.33. The van der Waals surface area contributed by atoms with Gasteiger partial charge in [-0.15, -0.1) is 11.3 Å². The number of benzene rings is 2. The number of hydrogen-bond acceptors (Lipinski definition) is 5. The molecule has 5 nitrogen and oxygen atoms in total. The lowest BCUT2D eigenvalue weighted by Crippen LogP contribution is -2.12. The zero-order valence-corrected chi connectivity index (χ0v) is 15.9. The van der Waals surface area contributed by atoms with Crippen LogP contribution in [0.25, 0.3) is 0 Å². The van der Waals surface area contributed by atoms with Crippen LogP contribution in [0.15, 0.2) is 53.9 Å². The number of ether oxygens (including phenoxy) is 1. The molecule has 152 valence electrons. The Kier molecular flexibility index (Phi) is 6.50. The maximum absolute atomic E-state index is 13.0. The fourth-order valence-electron chi connectivity index (χ4n) is 2.50. The van der Waals surface area contributed by atoms with Crippen LogP contribution in [-0.2, 0) is 19.2 Å². The van der Waals surface area contributed by atoms with Gasteiger partial charge in [-0.05, 0) is 29.8 Å². The van der Waals surface area contributed by atoms with Crippen molar-refractivity contribution in [2.45, 2.75) is 19.2 Å². The average molecular weight is 422 g/mol. The van der Waals surface area contributed by atoms with Crippen molar-refractivity contribution in [2.24, 2.45) is 0 Å². The van der Waals surface area contributed by atoms with Crippen molar-refractivity contribution in [1.29, 1.82) is 0 Å². The van der Waals surface area contributed by atoms with E-state index in [1.54, 1.807) is 29.6 Å². The third-order valence-electron chi connectivity index (χ3n) is 3.94. The van der Waals surface area contributed by atoms with Crippen molar-refractivity contribution in [2.75, 3.05) is 11.9 Å². The second kappa shape index (κ2) is 9.06. The second-order valence-electron chi connectivity index (χ2n) is 6.05. The van der Waals surface area contributed by atoms with E-state index in [1.807, 2.05) is 0 Å². The molecule has 3 aromatic rings. The number of nitrogens with zero attached hydrogens (tertiary/aromatic N) is 1. The van der Waals surface area contributed by atoms with Gasteiger partial charge in [0, 0.05) is 24.0 Å². The molecule has 29 heavy (non-hydrogen) atoms. The maximum Gasteiger partial charge on any atom is 0.419 e. The predicted octanol–water partition coefficient (Wildman–Crippen LogP) is 4.53. The molecule has 1 aromatic heterocycles. The second-order valence-corrected chi connectivity index (χ2v) is 6.91. The molecule has 0 fully saturated rings. The van der Waals surface area contributed by atoms with E-state index in [-0.39, 0.29) is 24.9 Å². The minimum absolute atomic E-state index is 0.0197. The van der Waals surface area contributed by atoms with Crippen LogP contribution in [0.3, 0.4) is 0 Å². The summed E-state index contributed by atoms with van der Waals surface area (Å²) in [4.78, 5) is 16.5. The first-order valence-electron chi connectivity index (χ1n) is 8.61. The minimum atomic E-state index is -4.49. The summed E-state index contributed by atoms with van der Waals surface area (Å²) in [7, 11) is 0. The zero-order valence-electron chi connectivity index (χ0n) is 15.1. The van der Waals surface area contributed by atoms with Gasteiger partial charge in [0.25, 0.3) is 5.91 Å². The van der Waals surface area contributed by atoms with Crippen LogP contribution in [0.5, 0.6) is 5.75 Å². The standard InChI is InChI=1S/C20H17F3N2O3S/c21-20(22,23)16-3-1-2-4-17(16)28-11-13-5-7-14(8-6-13)18(27)25-19-24-15(9-10-26)12-29-19/h1-8,12,26H,9-11H2,(H,24,25,27). The number of aliphatic hydroxyl groups excluding tert-OH is 1. The molecule has 0 saturated heterocycles. The summed E-state index contributed by atoms with van der Waals surface area (Å²) >= 11 is 1.26. The van der Waals surface area contributed by atoms with Gasteiger partial charge in [-0.3, -0.25) is 10.1 Å². The maximum atomic E-state index is 13.0. The molecule has 0 atom stereocenters. The molecule has 0 saturated carbocycles. The Labute approximate surface area is 168 Å². The van der Waals surface area contributed by atoms with Crippen LogP contribution in [0.4, 0.5) is 18.3 Å².